The van der Waals surface area contributed by atoms with Gasteiger partial charge >= 0.3 is 0 Å². The van der Waals surface area contributed by atoms with Crippen LogP contribution in [0.25, 0.3) is 0 Å². The van der Waals surface area contributed by atoms with Crippen LogP contribution in [-0.2, 0) is 0 Å². The molecule has 2 atom stereocenters. The number of nitrogens with two attached hydrogens (primary N) is 1. The van der Waals surface area contributed by atoms with Crippen LogP contribution in [-0.4, -0.2) is 24.0 Å². The van der Waals surface area contributed by atoms with Gasteiger partial charge < -0.3 is 5.73 Å². The van der Waals surface area contributed by atoms with Crippen molar-refractivity contribution in [1.82, 2.24) is 4.90 Å². The highest BCUT2D eigenvalue weighted by Gasteiger charge is 2.25. The van der Waals surface area contributed by atoms with Gasteiger partial charge in [-0.1, -0.05) is 18.5 Å². The lowest BCUT2D eigenvalue weighted by Gasteiger charge is -2.34. The lowest BCUT2D eigenvalue weighted by atomic mass is 10.0. The molecule has 16 heavy (non-hydrogen) atoms. The highest BCUT2D eigenvalue weighted by Crippen LogP contribution is 2.33. The SMILES string of the molecule is CCC(N)C(c1ccc(Cl)s1)N(C)C(C)C. The molecule has 0 saturated carbocycles. The van der Waals surface area contributed by atoms with Gasteiger partial charge in [-0.2, -0.15) is 0 Å². The van der Waals surface area contributed by atoms with Crippen molar-refractivity contribution >= 4 is 22.9 Å². The van der Waals surface area contributed by atoms with Gasteiger partial charge in [-0.3, -0.25) is 4.90 Å². The summed E-state index contributed by atoms with van der Waals surface area (Å²) in [7, 11) is 2.12. The average Bonchev–Trinajstić information content (AvgIpc) is 2.64. The first-order valence-corrected chi connectivity index (χ1v) is 6.89. The van der Waals surface area contributed by atoms with Crippen molar-refractivity contribution in [2.45, 2.75) is 45.3 Å². The third-order valence-corrected chi connectivity index (χ3v) is 4.32. The van der Waals surface area contributed by atoms with Crippen molar-refractivity contribution < 1.29 is 0 Å². The molecular weight excluding hydrogens is 240 g/mol. The van der Waals surface area contributed by atoms with Crippen LogP contribution in [0.15, 0.2) is 12.1 Å². The molecule has 0 aliphatic heterocycles. The summed E-state index contributed by atoms with van der Waals surface area (Å²) in [6.45, 7) is 6.50. The van der Waals surface area contributed by atoms with E-state index in [-0.39, 0.29) is 12.1 Å². The Hall–Kier alpha value is -0.0900. The summed E-state index contributed by atoms with van der Waals surface area (Å²) in [4.78, 5) is 3.58. The fourth-order valence-corrected chi connectivity index (χ4v) is 3.03. The van der Waals surface area contributed by atoms with Crippen LogP contribution < -0.4 is 5.73 Å². The standard InChI is InChI=1S/C12H21ClN2S/c1-5-9(14)12(15(4)8(2)3)10-6-7-11(13)16-10/h6-9,12H,5,14H2,1-4H3. The fourth-order valence-electron chi connectivity index (χ4n) is 1.75. The van der Waals surface area contributed by atoms with E-state index in [9.17, 15) is 0 Å². The maximum atomic E-state index is 6.22. The molecule has 1 aromatic heterocycles. The zero-order valence-corrected chi connectivity index (χ0v) is 12.0. The zero-order chi connectivity index (χ0) is 12.3. The van der Waals surface area contributed by atoms with Gasteiger partial charge in [0.2, 0.25) is 0 Å². The Labute approximate surface area is 107 Å². The van der Waals surface area contributed by atoms with Crippen LogP contribution in [0.2, 0.25) is 4.34 Å². The average molecular weight is 261 g/mol. The molecule has 0 saturated heterocycles. The summed E-state index contributed by atoms with van der Waals surface area (Å²) in [6, 6.07) is 4.94. The highest BCUT2D eigenvalue weighted by molar-refractivity contribution is 7.16. The number of nitrogens with zero attached hydrogens (tertiary/aromatic N) is 1. The second-order valence-electron chi connectivity index (χ2n) is 4.42. The lowest BCUT2D eigenvalue weighted by Crippen LogP contribution is -2.41. The summed E-state index contributed by atoms with van der Waals surface area (Å²) in [6.07, 6.45) is 0.969. The molecule has 4 heteroatoms. The van der Waals surface area contributed by atoms with Gasteiger partial charge in [0.05, 0.1) is 10.4 Å². The highest BCUT2D eigenvalue weighted by atomic mass is 35.5. The topological polar surface area (TPSA) is 29.3 Å². The van der Waals surface area contributed by atoms with Gasteiger partial charge in [0.1, 0.15) is 0 Å². The molecule has 1 rings (SSSR count). The third-order valence-electron chi connectivity index (χ3n) is 3.02. The van der Waals surface area contributed by atoms with Crippen molar-refractivity contribution in [1.29, 1.82) is 0 Å². The molecule has 2 unspecified atom stereocenters. The van der Waals surface area contributed by atoms with Crippen molar-refractivity contribution in [3.8, 4) is 0 Å². The van der Waals surface area contributed by atoms with Crippen LogP contribution in [0.3, 0.4) is 0 Å². The predicted octanol–water partition coefficient (Wildman–Crippen LogP) is 3.52. The van der Waals surface area contributed by atoms with E-state index in [2.05, 4.69) is 38.8 Å². The van der Waals surface area contributed by atoms with E-state index in [1.54, 1.807) is 11.3 Å². The number of hydrogen-bond donors (Lipinski definition) is 1. The maximum absolute atomic E-state index is 6.22. The molecule has 2 nitrogen and oxygen atoms in total. The molecule has 92 valence electrons. The molecular formula is C12H21ClN2S. The Bertz CT molecular complexity index is 325. The minimum absolute atomic E-state index is 0.155. The second kappa shape index (κ2) is 6.01. The normalized spacial score (nSPS) is 15.8. The third kappa shape index (κ3) is 3.20. The molecule has 2 N–H and O–H groups in total. The van der Waals surface area contributed by atoms with Gasteiger partial charge in [0.15, 0.2) is 0 Å². The number of halogens is 1. The van der Waals surface area contributed by atoms with E-state index >= 15 is 0 Å². The molecule has 1 aromatic rings. The minimum atomic E-state index is 0.155. The molecule has 0 aliphatic carbocycles. The number of rotatable bonds is 5. The maximum Gasteiger partial charge on any atom is 0.0931 e. The Kier molecular flexibility index (Phi) is 5.25. The number of hydrogen-bond acceptors (Lipinski definition) is 3. The van der Waals surface area contributed by atoms with Gasteiger partial charge in [-0.05, 0) is 39.4 Å². The van der Waals surface area contributed by atoms with Crippen LogP contribution in [0.1, 0.15) is 38.1 Å². The lowest BCUT2D eigenvalue weighted by molar-refractivity contribution is 0.171. The Morgan fingerprint density at radius 3 is 2.44 bits per heavy atom. The van der Waals surface area contributed by atoms with Crippen LogP contribution in [0.4, 0.5) is 0 Å². The van der Waals surface area contributed by atoms with Crippen LogP contribution >= 0.6 is 22.9 Å². The van der Waals surface area contributed by atoms with E-state index in [1.807, 2.05) is 6.07 Å². The minimum Gasteiger partial charge on any atom is -0.326 e. The zero-order valence-electron chi connectivity index (χ0n) is 10.4. The number of likely N-dealkylation sites (N-methyl/N-ethyl adjacent to an activating group) is 1. The van der Waals surface area contributed by atoms with Crippen molar-refractivity contribution in [2.24, 2.45) is 5.73 Å². The number of thiophene rings is 1. The smallest absolute Gasteiger partial charge is 0.0931 e. The van der Waals surface area contributed by atoms with Gasteiger partial charge in [0.25, 0.3) is 0 Å². The molecule has 0 aliphatic rings. The molecule has 1 heterocycles. The molecule has 0 fully saturated rings. The first kappa shape index (κ1) is 14.0. The van der Waals surface area contributed by atoms with E-state index in [1.165, 1.54) is 4.88 Å². The van der Waals surface area contributed by atoms with Gasteiger partial charge in [-0.25, -0.2) is 0 Å². The second-order valence-corrected chi connectivity index (χ2v) is 6.16. The molecule has 0 spiro atoms. The largest absolute Gasteiger partial charge is 0.326 e. The summed E-state index contributed by atoms with van der Waals surface area (Å²) in [5.74, 6) is 0. The molecule has 0 amide bonds. The summed E-state index contributed by atoms with van der Waals surface area (Å²) < 4.78 is 0.834. The molecule has 0 bridgehead atoms. The quantitative estimate of drug-likeness (QED) is 0.878. The van der Waals surface area contributed by atoms with Crippen LogP contribution in [0.5, 0.6) is 0 Å². The summed E-state index contributed by atoms with van der Waals surface area (Å²) in [5.41, 5.74) is 6.22. The summed E-state index contributed by atoms with van der Waals surface area (Å²) in [5, 5.41) is 0. The predicted molar refractivity (Wildman–Crippen MR) is 73.2 cm³/mol. The van der Waals surface area contributed by atoms with E-state index in [0.717, 1.165) is 10.8 Å². The Morgan fingerprint density at radius 1 is 1.44 bits per heavy atom. The first-order chi connectivity index (χ1) is 7.47. The first-order valence-electron chi connectivity index (χ1n) is 5.70. The van der Waals surface area contributed by atoms with Crippen LogP contribution in [0, 0.1) is 0 Å². The van der Waals surface area contributed by atoms with Gasteiger partial charge in [-0.15, -0.1) is 11.3 Å². The van der Waals surface area contributed by atoms with E-state index in [0.29, 0.717) is 6.04 Å². The molecule has 0 radical (unpaired) electrons. The van der Waals surface area contributed by atoms with Crippen molar-refractivity contribution in [2.75, 3.05) is 7.05 Å². The monoisotopic (exact) mass is 260 g/mol. The van der Waals surface area contributed by atoms with Crippen molar-refractivity contribution in [3.05, 3.63) is 21.3 Å². The van der Waals surface area contributed by atoms with Crippen molar-refractivity contribution in [3.63, 3.8) is 0 Å². The van der Waals surface area contributed by atoms with E-state index in [4.69, 9.17) is 17.3 Å². The molecule has 0 aromatic carbocycles. The fraction of sp³-hybridized carbons (Fsp3) is 0.667. The summed E-state index contributed by atoms with van der Waals surface area (Å²) >= 11 is 7.62. The van der Waals surface area contributed by atoms with Gasteiger partial charge in [0, 0.05) is 17.0 Å². The Balaban J connectivity index is 2.96. The Morgan fingerprint density at radius 2 is 2.06 bits per heavy atom. The van der Waals surface area contributed by atoms with E-state index < -0.39 is 0 Å².